The van der Waals surface area contributed by atoms with E-state index in [0.29, 0.717) is 0 Å². The van der Waals surface area contributed by atoms with Crippen LogP contribution in [-0.2, 0) is 9.53 Å². The number of carbonyl (C=O) groups excluding carboxylic acids is 1. The number of carboxylic acids is 1. The van der Waals surface area contributed by atoms with Crippen LogP contribution in [0, 0.1) is 5.82 Å². The number of hydrogen-bond acceptors (Lipinski definition) is 4. The summed E-state index contributed by atoms with van der Waals surface area (Å²) in [6.45, 7) is -0.232. The Labute approximate surface area is 109 Å². The summed E-state index contributed by atoms with van der Waals surface area (Å²) in [6, 6.07) is 3.48. The minimum Gasteiger partial charge on any atom is -0.496 e. The van der Waals surface area contributed by atoms with E-state index in [2.05, 4.69) is 10.1 Å². The molecule has 0 aliphatic rings. The lowest BCUT2D eigenvalue weighted by Gasteiger charge is -2.13. The largest absolute Gasteiger partial charge is 0.496 e. The molecule has 19 heavy (non-hydrogen) atoms. The van der Waals surface area contributed by atoms with Crippen molar-refractivity contribution in [3.05, 3.63) is 29.6 Å². The SMILES string of the molecule is COc1ccc(F)cc1C(=O)NCC(OC)C(=O)O. The van der Waals surface area contributed by atoms with Crippen LogP contribution in [0.1, 0.15) is 10.4 Å². The molecule has 0 radical (unpaired) electrons. The third-order valence-corrected chi connectivity index (χ3v) is 2.41. The molecule has 1 aromatic rings. The van der Waals surface area contributed by atoms with E-state index >= 15 is 0 Å². The van der Waals surface area contributed by atoms with E-state index in [4.69, 9.17) is 9.84 Å². The Morgan fingerprint density at radius 2 is 2.11 bits per heavy atom. The predicted octanol–water partition coefficient (Wildman–Crippen LogP) is 0.664. The first-order valence-corrected chi connectivity index (χ1v) is 5.37. The van der Waals surface area contributed by atoms with Gasteiger partial charge in [-0.05, 0) is 18.2 Å². The number of hydrogen-bond donors (Lipinski definition) is 2. The molecule has 0 aliphatic heterocycles. The zero-order valence-electron chi connectivity index (χ0n) is 10.5. The molecule has 0 fully saturated rings. The standard InChI is InChI=1S/C12H14FNO5/c1-18-9-4-3-7(13)5-8(9)11(15)14-6-10(19-2)12(16)17/h3-5,10H,6H2,1-2H3,(H,14,15)(H,16,17). The Balaban J connectivity index is 2.78. The number of amides is 1. The van der Waals surface area contributed by atoms with Crippen molar-refractivity contribution in [2.45, 2.75) is 6.10 Å². The molecular formula is C12H14FNO5. The lowest BCUT2D eigenvalue weighted by Crippen LogP contribution is -2.38. The summed E-state index contributed by atoms with van der Waals surface area (Å²) in [5, 5.41) is 11.1. The van der Waals surface area contributed by atoms with Crippen molar-refractivity contribution in [1.82, 2.24) is 5.32 Å². The van der Waals surface area contributed by atoms with E-state index in [-0.39, 0.29) is 17.9 Å². The van der Waals surface area contributed by atoms with E-state index in [0.717, 1.165) is 12.1 Å². The zero-order valence-corrected chi connectivity index (χ0v) is 10.5. The van der Waals surface area contributed by atoms with Crippen molar-refractivity contribution < 1.29 is 28.6 Å². The number of ether oxygens (including phenoxy) is 2. The lowest BCUT2D eigenvalue weighted by atomic mass is 10.1. The Kier molecular flexibility index (Phi) is 5.25. The van der Waals surface area contributed by atoms with E-state index in [1.807, 2.05) is 0 Å². The number of aliphatic carboxylic acids is 1. The Morgan fingerprint density at radius 3 is 2.63 bits per heavy atom. The third kappa shape index (κ3) is 3.92. The molecule has 7 heteroatoms. The summed E-state index contributed by atoms with van der Waals surface area (Å²) in [4.78, 5) is 22.5. The molecule has 0 aliphatic carbocycles. The maximum atomic E-state index is 13.1. The second-order valence-corrected chi connectivity index (χ2v) is 3.62. The number of carbonyl (C=O) groups is 2. The molecule has 0 heterocycles. The van der Waals surface area contributed by atoms with Crippen molar-refractivity contribution in [2.75, 3.05) is 20.8 Å². The van der Waals surface area contributed by atoms with Crippen molar-refractivity contribution >= 4 is 11.9 Å². The molecule has 0 aromatic heterocycles. The number of carboxylic acid groups (broad SMARTS) is 1. The number of benzene rings is 1. The molecule has 104 valence electrons. The summed E-state index contributed by atoms with van der Waals surface area (Å²) >= 11 is 0. The molecule has 0 saturated carbocycles. The van der Waals surface area contributed by atoms with Crippen molar-refractivity contribution in [3.63, 3.8) is 0 Å². The summed E-state index contributed by atoms with van der Waals surface area (Å²) in [5.74, 6) is -2.23. The van der Waals surface area contributed by atoms with Crippen LogP contribution in [0.3, 0.4) is 0 Å². The Hall–Kier alpha value is -2.15. The van der Waals surface area contributed by atoms with Crippen molar-refractivity contribution in [1.29, 1.82) is 0 Å². The van der Waals surface area contributed by atoms with Gasteiger partial charge in [-0.15, -0.1) is 0 Å². The number of methoxy groups -OCH3 is 2. The number of rotatable bonds is 6. The lowest BCUT2D eigenvalue weighted by molar-refractivity contribution is -0.148. The normalized spacial score (nSPS) is 11.7. The third-order valence-electron chi connectivity index (χ3n) is 2.41. The van der Waals surface area contributed by atoms with Gasteiger partial charge in [0, 0.05) is 7.11 Å². The molecule has 0 bridgehead atoms. The second-order valence-electron chi connectivity index (χ2n) is 3.62. The highest BCUT2D eigenvalue weighted by atomic mass is 19.1. The van der Waals surface area contributed by atoms with Crippen LogP contribution in [0.15, 0.2) is 18.2 Å². The van der Waals surface area contributed by atoms with Crippen LogP contribution in [0.2, 0.25) is 0 Å². The zero-order chi connectivity index (χ0) is 14.4. The quantitative estimate of drug-likeness (QED) is 0.794. The van der Waals surface area contributed by atoms with Crippen LogP contribution in [0.5, 0.6) is 5.75 Å². The molecule has 2 N–H and O–H groups in total. The number of nitrogens with one attached hydrogen (secondary N) is 1. The van der Waals surface area contributed by atoms with Gasteiger partial charge in [-0.1, -0.05) is 0 Å². The summed E-state index contributed by atoms with van der Waals surface area (Å²) in [6.07, 6.45) is -1.16. The first-order valence-electron chi connectivity index (χ1n) is 5.37. The van der Waals surface area contributed by atoms with Crippen LogP contribution in [0.25, 0.3) is 0 Å². The van der Waals surface area contributed by atoms with E-state index in [1.165, 1.54) is 20.3 Å². The predicted molar refractivity (Wildman–Crippen MR) is 63.7 cm³/mol. The monoisotopic (exact) mass is 271 g/mol. The molecule has 1 aromatic carbocycles. The van der Waals surface area contributed by atoms with Gasteiger partial charge in [-0.25, -0.2) is 9.18 Å². The average Bonchev–Trinajstić information content (AvgIpc) is 2.38. The highest BCUT2D eigenvalue weighted by Gasteiger charge is 2.19. The number of halogens is 1. The van der Waals surface area contributed by atoms with Crippen molar-refractivity contribution in [3.8, 4) is 5.75 Å². The second kappa shape index (κ2) is 6.69. The molecule has 0 saturated heterocycles. The van der Waals surface area contributed by atoms with Crippen LogP contribution < -0.4 is 10.1 Å². The first-order chi connectivity index (χ1) is 8.99. The average molecular weight is 271 g/mol. The topological polar surface area (TPSA) is 84.9 Å². The molecule has 1 rings (SSSR count). The fourth-order valence-corrected chi connectivity index (χ4v) is 1.41. The van der Waals surface area contributed by atoms with Gasteiger partial charge in [-0.3, -0.25) is 4.79 Å². The minimum absolute atomic E-state index is 0.0114. The van der Waals surface area contributed by atoms with Gasteiger partial charge in [-0.2, -0.15) is 0 Å². The molecule has 1 unspecified atom stereocenters. The Morgan fingerprint density at radius 1 is 1.42 bits per heavy atom. The fourth-order valence-electron chi connectivity index (χ4n) is 1.41. The molecule has 1 atom stereocenters. The molecule has 6 nitrogen and oxygen atoms in total. The summed E-state index contributed by atoms with van der Waals surface area (Å²) in [5.41, 5.74) is -0.0114. The molecular weight excluding hydrogens is 257 g/mol. The summed E-state index contributed by atoms with van der Waals surface area (Å²) < 4.78 is 22.7. The fraction of sp³-hybridized carbons (Fsp3) is 0.333. The first kappa shape index (κ1) is 14.9. The Bertz CT molecular complexity index is 477. The van der Waals surface area contributed by atoms with Gasteiger partial charge in [0.15, 0.2) is 6.10 Å². The summed E-state index contributed by atoms with van der Waals surface area (Å²) in [7, 11) is 2.56. The molecule has 1 amide bonds. The highest BCUT2D eigenvalue weighted by molar-refractivity contribution is 5.97. The smallest absolute Gasteiger partial charge is 0.334 e. The maximum Gasteiger partial charge on any atom is 0.334 e. The van der Waals surface area contributed by atoms with Crippen LogP contribution in [-0.4, -0.2) is 43.9 Å². The van der Waals surface area contributed by atoms with Gasteiger partial charge in [0.25, 0.3) is 5.91 Å². The van der Waals surface area contributed by atoms with Gasteiger partial charge in [0.2, 0.25) is 0 Å². The van der Waals surface area contributed by atoms with Gasteiger partial charge >= 0.3 is 5.97 Å². The van der Waals surface area contributed by atoms with Gasteiger partial charge in [0.05, 0.1) is 19.2 Å². The van der Waals surface area contributed by atoms with Gasteiger partial charge in [0.1, 0.15) is 11.6 Å². The van der Waals surface area contributed by atoms with Gasteiger partial charge < -0.3 is 19.9 Å². The molecule has 0 spiro atoms. The van der Waals surface area contributed by atoms with E-state index in [9.17, 15) is 14.0 Å². The minimum atomic E-state index is -1.20. The maximum absolute atomic E-state index is 13.1. The van der Waals surface area contributed by atoms with Crippen LogP contribution in [0.4, 0.5) is 4.39 Å². The van der Waals surface area contributed by atoms with Crippen LogP contribution >= 0.6 is 0 Å². The van der Waals surface area contributed by atoms with E-state index < -0.39 is 23.8 Å². The highest BCUT2D eigenvalue weighted by Crippen LogP contribution is 2.18. The van der Waals surface area contributed by atoms with Crippen molar-refractivity contribution in [2.24, 2.45) is 0 Å². The van der Waals surface area contributed by atoms with E-state index in [1.54, 1.807) is 0 Å².